The van der Waals surface area contributed by atoms with Gasteiger partial charge in [-0.25, -0.2) is 0 Å². The maximum absolute atomic E-state index is 12.1. The normalized spacial score (nSPS) is 16.7. The van der Waals surface area contributed by atoms with Crippen molar-refractivity contribution >= 4 is 11.8 Å². The molecule has 1 fully saturated rings. The Bertz CT molecular complexity index is 765. The van der Waals surface area contributed by atoms with Crippen LogP contribution in [-0.4, -0.2) is 36.2 Å². The summed E-state index contributed by atoms with van der Waals surface area (Å²) >= 11 is 0. The molecule has 0 bridgehead atoms. The molecule has 1 N–H and O–H groups in total. The lowest BCUT2D eigenvalue weighted by Crippen LogP contribution is -2.19. The average molecular weight is 326 g/mol. The molecule has 1 aromatic carbocycles. The highest BCUT2D eigenvalue weighted by Crippen LogP contribution is 2.25. The fraction of sp³-hybridized carbons (Fsp3) is 0.353. The quantitative estimate of drug-likeness (QED) is 0.849. The molecule has 1 atom stereocenters. The molecule has 24 heavy (non-hydrogen) atoms. The van der Waals surface area contributed by atoms with Crippen LogP contribution in [0.4, 0.5) is 5.88 Å². The van der Waals surface area contributed by atoms with Crippen molar-refractivity contribution in [3.05, 3.63) is 30.3 Å². The third-order valence-corrected chi connectivity index (χ3v) is 4.04. The van der Waals surface area contributed by atoms with E-state index in [1.54, 1.807) is 18.1 Å². The van der Waals surface area contributed by atoms with Crippen LogP contribution in [0.25, 0.3) is 11.3 Å². The Kier molecular flexibility index (Phi) is 4.66. The summed E-state index contributed by atoms with van der Waals surface area (Å²) in [5, 5.41) is 15.5. The number of benzene rings is 1. The largest absolute Gasteiger partial charge is 0.497 e. The van der Waals surface area contributed by atoms with Crippen LogP contribution in [0.15, 0.2) is 34.9 Å². The highest BCUT2D eigenvalue weighted by atomic mass is 16.5. The van der Waals surface area contributed by atoms with Crippen molar-refractivity contribution in [1.82, 2.24) is 10.1 Å². The number of hydrogen-bond acceptors (Lipinski definition) is 6. The molecule has 0 unspecified atom stereocenters. The van der Waals surface area contributed by atoms with Crippen molar-refractivity contribution in [3.63, 3.8) is 0 Å². The van der Waals surface area contributed by atoms with Crippen molar-refractivity contribution in [2.45, 2.75) is 12.8 Å². The first-order valence-electron chi connectivity index (χ1n) is 7.73. The first-order chi connectivity index (χ1) is 11.7. The van der Waals surface area contributed by atoms with Gasteiger partial charge in [0, 0.05) is 31.1 Å². The molecule has 124 valence electrons. The van der Waals surface area contributed by atoms with Gasteiger partial charge >= 0.3 is 0 Å². The van der Waals surface area contributed by atoms with Gasteiger partial charge in [-0.05, 0) is 24.5 Å². The lowest BCUT2D eigenvalue weighted by atomic mass is 10.0. The summed E-state index contributed by atoms with van der Waals surface area (Å²) in [6.45, 7) is 1.35. The summed E-state index contributed by atoms with van der Waals surface area (Å²) in [6.07, 6.45) is 3.33. The average Bonchev–Trinajstić information content (AvgIpc) is 3.24. The zero-order valence-corrected chi connectivity index (χ0v) is 13.4. The number of nitriles is 1. The van der Waals surface area contributed by atoms with E-state index < -0.39 is 0 Å². The van der Waals surface area contributed by atoms with Crippen LogP contribution in [0, 0.1) is 17.4 Å². The van der Waals surface area contributed by atoms with Gasteiger partial charge in [-0.3, -0.25) is 10.1 Å². The molecule has 1 aromatic heterocycles. The number of hydrogen-bond donors (Lipinski definition) is 1. The smallest absolute Gasteiger partial charge is 0.231 e. The SMILES string of the molecule is COc1cccc(-c2cc(NC(=O)C[C@H]3CCN(C#N)C3)on2)c1. The van der Waals surface area contributed by atoms with E-state index in [1.165, 1.54) is 0 Å². The molecular weight excluding hydrogens is 308 g/mol. The Morgan fingerprint density at radius 1 is 1.54 bits per heavy atom. The van der Waals surface area contributed by atoms with E-state index in [9.17, 15) is 4.79 Å². The van der Waals surface area contributed by atoms with Crippen molar-refractivity contribution < 1.29 is 14.1 Å². The Hall–Kier alpha value is -3.01. The summed E-state index contributed by atoms with van der Waals surface area (Å²) in [6, 6.07) is 9.13. The number of carbonyl (C=O) groups is 1. The predicted molar refractivity (Wildman–Crippen MR) is 87.0 cm³/mol. The molecule has 2 heterocycles. The monoisotopic (exact) mass is 326 g/mol. The van der Waals surface area contributed by atoms with Crippen LogP contribution < -0.4 is 10.1 Å². The third kappa shape index (κ3) is 3.66. The van der Waals surface area contributed by atoms with E-state index in [-0.39, 0.29) is 11.8 Å². The molecule has 1 saturated heterocycles. The van der Waals surface area contributed by atoms with Gasteiger partial charge in [0.05, 0.1) is 7.11 Å². The Labute approximate surface area is 139 Å². The van der Waals surface area contributed by atoms with Crippen LogP contribution >= 0.6 is 0 Å². The number of anilines is 1. The molecule has 0 aliphatic carbocycles. The summed E-state index contributed by atoms with van der Waals surface area (Å²) < 4.78 is 10.4. The molecular formula is C17H18N4O3. The fourth-order valence-corrected chi connectivity index (χ4v) is 2.79. The van der Waals surface area contributed by atoms with Crippen LogP contribution in [0.5, 0.6) is 5.75 Å². The molecule has 7 heteroatoms. The first-order valence-corrected chi connectivity index (χ1v) is 7.73. The minimum absolute atomic E-state index is 0.131. The highest BCUT2D eigenvalue weighted by molar-refractivity contribution is 5.90. The molecule has 0 spiro atoms. The summed E-state index contributed by atoms with van der Waals surface area (Å²) in [7, 11) is 1.60. The second-order valence-corrected chi connectivity index (χ2v) is 5.76. The van der Waals surface area contributed by atoms with Crippen LogP contribution in [0.3, 0.4) is 0 Å². The topological polar surface area (TPSA) is 91.4 Å². The number of ether oxygens (including phenoxy) is 1. The Morgan fingerprint density at radius 3 is 3.17 bits per heavy atom. The van der Waals surface area contributed by atoms with E-state index in [0.29, 0.717) is 24.5 Å². The minimum atomic E-state index is -0.131. The Morgan fingerprint density at radius 2 is 2.42 bits per heavy atom. The molecule has 2 aromatic rings. The minimum Gasteiger partial charge on any atom is -0.497 e. The number of rotatable bonds is 5. The van der Waals surface area contributed by atoms with E-state index in [4.69, 9.17) is 14.5 Å². The Balaban J connectivity index is 1.59. The van der Waals surface area contributed by atoms with Gasteiger partial charge in [-0.15, -0.1) is 0 Å². The second kappa shape index (κ2) is 7.04. The van der Waals surface area contributed by atoms with E-state index in [1.807, 2.05) is 24.3 Å². The number of nitrogens with zero attached hydrogens (tertiary/aromatic N) is 3. The number of methoxy groups -OCH3 is 1. The lowest BCUT2D eigenvalue weighted by molar-refractivity contribution is -0.117. The standard InChI is InChI=1S/C17H18N4O3/c1-23-14-4-2-3-13(8-14)15-9-17(24-20-15)19-16(22)7-12-5-6-21(10-12)11-18/h2-4,8-9,12H,5-7,10H2,1H3,(H,19,22)/t12-/m1/s1. The van der Waals surface area contributed by atoms with Gasteiger partial charge in [-0.2, -0.15) is 5.26 Å². The maximum atomic E-state index is 12.1. The number of amides is 1. The summed E-state index contributed by atoms with van der Waals surface area (Å²) in [5.41, 5.74) is 1.47. The van der Waals surface area contributed by atoms with Gasteiger partial charge in [0.25, 0.3) is 0 Å². The van der Waals surface area contributed by atoms with E-state index in [2.05, 4.69) is 16.7 Å². The number of nitrogens with one attached hydrogen (secondary N) is 1. The van der Waals surface area contributed by atoms with Crippen molar-refractivity contribution in [2.24, 2.45) is 5.92 Å². The maximum Gasteiger partial charge on any atom is 0.231 e. The summed E-state index contributed by atoms with van der Waals surface area (Å²) in [4.78, 5) is 13.8. The highest BCUT2D eigenvalue weighted by Gasteiger charge is 2.24. The molecule has 1 amide bonds. The number of aromatic nitrogens is 1. The molecule has 7 nitrogen and oxygen atoms in total. The van der Waals surface area contributed by atoms with Gasteiger partial charge < -0.3 is 14.2 Å². The number of likely N-dealkylation sites (tertiary alicyclic amines) is 1. The van der Waals surface area contributed by atoms with Crippen LogP contribution in [-0.2, 0) is 4.79 Å². The molecule has 0 saturated carbocycles. The molecule has 3 rings (SSSR count). The molecule has 0 radical (unpaired) electrons. The van der Waals surface area contributed by atoms with Crippen molar-refractivity contribution in [3.8, 4) is 23.2 Å². The zero-order chi connectivity index (χ0) is 16.9. The van der Waals surface area contributed by atoms with Gasteiger partial charge in [-0.1, -0.05) is 17.3 Å². The summed E-state index contributed by atoms with van der Waals surface area (Å²) in [5.74, 6) is 1.11. The van der Waals surface area contributed by atoms with Crippen molar-refractivity contribution in [2.75, 3.05) is 25.5 Å². The van der Waals surface area contributed by atoms with Gasteiger partial charge in [0.1, 0.15) is 11.4 Å². The second-order valence-electron chi connectivity index (χ2n) is 5.76. The third-order valence-electron chi connectivity index (χ3n) is 4.04. The van der Waals surface area contributed by atoms with Gasteiger partial charge in [0.15, 0.2) is 6.19 Å². The fourth-order valence-electron chi connectivity index (χ4n) is 2.79. The van der Waals surface area contributed by atoms with E-state index >= 15 is 0 Å². The van der Waals surface area contributed by atoms with E-state index in [0.717, 1.165) is 24.3 Å². The molecule has 1 aliphatic heterocycles. The lowest BCUT2D eigenvalue weighted by Gasteiger charge is -2.08. The number of carbonyl (C=O) groups excluding carboxylic acids is 1. The first kappa shape index (κ1) is 15.9. The van der Waals surface area contributed by atoms with Gasteiger partial charge in [0.2, 0.25) is 11.8 Å². The zero-order valence-electron chi connectivity index (χ0n) is 13.4. The van der Waals surface area contributed by atoms with Crippen LogP contribution in [0.1, 0.15) is 12.8 Å². The molecule has 1 aliphatic rings. The van der Waals surface area contributed by atoms with Crippen LogP contribution in [0.2, 0.25) is 0 Å². The van der Waals surface area contributed by atoms with Crippen molar-refractivity contribution in [1.29, 1.82) is 5.26 Å². The predicted octanol–water partition coefficient (Wildman–Crippen LogP) is 2.48.